The normalized spacial score (nSPS) is 24.0. The number of alkyl carbamates (subject to hydrolysis) is 1. The van der Waals surface area contributed by atoms with Gasteiger partial charge in [-0.25, -0.2) is 13.6 Å². The Labute approximate surface area is 150 Å². The molecule has 0 bridgehead atoms. The molecule has 1 spiro atoms. The van der Waals surface area contributed by atoms with Gasteiger partial charge in [-0.1, -0.05) is 6.07 Å². The van der Waals surface area contributed by atoms with Gasteiger partial charge in [0.25, 0.3) is 0 Å². The molecule has 1 aromatic carbocycles. The molecule has 0 radical (unpaired) electrons. The first-order chi connectivity index (χ1) is 12.4. The summed E-state index contributed by atoms with van der Waals surface area (Å²) in [4.78, 5) is 25.1. The number of rotatable bonds is 5. The van der Waals surface area contributed by atoms with Crippen molar-refractivity contribution in [3.8, 4) is 0 Å². The summed E-state index contributed by atoms with van der Waals surface area (Å²) in [5.74, 6) is -0.504. The van der Waals surface area contributed by atoms with E-state index in [0.717, 1.165) is 32.0 Å². The van der Waals surface area contributed by atoms with Crippen LogP contribution in [0.15, 0.2) is 18.2 Å². The maximum absolute atomic E-state index is 13.7. The Kier molecular flexibility index (Phi) is 4.32. The van der Waals surface area contributed by atoms with Crippen LogP contribution in [-0.2, 0) is 16.0 Å². The van der Waals surface area contributed by atoms with Gasteiger partial charge in [0.05, 0.1) is 6.04 Å². The summed E-state index contributed by atoms with van der Waals surface area (Å²) in [6.07, 6.45) is 3.20. The average Bonchev–Trinajstić information content (AvgIpc) is 2.93. The lowest BCUT2D eigenvalue weighted by Crippen LogP contribution is -2.64. The van der Waals surface area contributed by atoms with E-state index in [2.05, 4.69) is 5.32 Å². The summed E-state index contributed by atoms with van der Waals surface area (Å²) in [6.45, 7) is 1.86. The van der Waals surface area contributed by atoms with Crippen LogP contribution in [0.25, 0.3) is 0 Å². The topological polar surface area (TPSA) is 58.6 Å². The fourth-order valence-corrected chi connectivity index (χ4v) is 4.54. The lowest BCUT2D eigenvalue weighted by atomic mass is 9.56. The van der Waals surface area contributed by atoms with E-state index in [1.807, 2.05) is 4.90 Å². The number of cyclic esters (lactones) is 1. The molecule has 3 fully saturated rings. The highest BCUT2D eigenvalue weighted by Gasteiger charge is 2.53. The van der Waals surface area contributed by atoms with Crippen molar-refractivity contribution in [3.05, 3.63) is 35.4 Å². The van der Waals surface area contributed by atoms with Gasteiger partial charge in [0, 0.05) is 31.0 Å². The lowest BCUT2D eigenvalue weighted by molar-refractivity contribution is -0.155. The zero-order chi connectivity index (χ0) is 18.3. The average molecular weight is 364 g/mol. The molecule has 1 saturated carbocycles. The van der Waals surface area contributed by atoms with E-state index >= 15 is 0 Å². The molecule has 1 aliphatic carbocycles. The third-order valence-corrected chi connectivity index (χ3v) is 5.82. The van der Waals surface area contributed by atoms with Crippen molar-refractivity contribution in [1.82, 2.24) is 10.2 Å². The van der Waals surface area contributed by atoms with Crippen molar-refractivity contribution in [2.75, 3.05) is 19.7 Å². The van der Waals surface area contributed by atoms with Crippen LogP contribution in [0.1, 0.15) is 31.2 Å². The molecule has 0 unspecified atom stereocenters. The second kappa shape index (κ2) is 6.52. The molecule has 1 N–H and O–H groups in total. The van der Waals surface area contributed by atoms with E-state index < -0.39 is 17.7 Å². The van der Waals surface area contributed by atoms with Gasteiger partial charge in [0.15, 0.2) is 0 Å². The van der Waals surface area contributed by atoms with E-state index in [-0.39, 0.29) is 17.4 Å². The summed E-state index contributed by atoms with van der Waals surface area (Å²) in [6, 6.07) is 3.69. The van der Waals surface area contributed by atoms with Crippen molar-refractivity contribution in [3.63, 3.8) is 0 Å². The monoisotopic (exact) mass is 364 g/mol. The molecule has 1 aromatic rings. The van der Waals surface area contributed by atoms with Crippen molar-refractivity contribution in [2.24, 2.45) is 11.3 Å². The second-order valence-electron chi connectivity index (χ2n) is 7.94. The number of carbonyl (C=O) groups excluding carboxylic acids is 2. The number of ether oxygens (including phenoxy) is 1. The predicted octanol–water partition coefficient (Wildman–Crippen LogP) is 2.63. The van der Waals surface area contributed by atoms with Gasteiger partial charge < -0.3 is 15.0 Å². The van der Waals surface area contributed by atoms with Crippen molar-refractivity contribution >= 4 is 12.0 Å². The van der Waals surface area contributed by atoms with Crippen LogP contribution in [0.3, 0.4) is 0 Å². The Morgan fingerprint density at radius 2 is 2.08 bits per heavy atom. The largest absolute Gasteiger partial charge is 0.447 e. The summed E-state index contributed by atoms with van der Waals surface area (Å²) < 4.78 is 31.5. The first-order valence-corrected chi connectivity index (χ1v) is 9.07. The first-order valence-electron chi connectivity index (χ1n) is 9.07. The number of carbonyl (C=O) groups is 2. The molecule has 4 rings (SSSR count). The number of nitrogens with zero attached hydrogens (tertiary/aromatic N) is 1. The number of hydrogen-bond donors (Lipinski definition) is 1. The third kappa shape index (κ3) is 3.39. The van der Waals surface area contributed by atoms with Crippen LogP contribution in [0.4, 0.5) is 13.6 Å². The highest BCUT2D eigenvalue weighted by molar-refractivity contribution is 5.77. The fraction of sp³-hybridized carbons (Fsp3) is 0.579. The SMILES string of the molecule is O=C1N[C@H](CCC(=O)N2CC3(CC(Cc4ccc(F)cc4F)C3)C2)CO1. The summed E-state index contributed by atoms with van der Waals surface area (Å²) >= 11 is 0. The Balaban J connectivity index is 1.18. The quantitative estimate of drug-likeness (QED) is 0.874. The van der Waals surface area contributed by atoms with Crippen LogP contribution in [0.2, 0.25) is 0 Å². The van der Waals surface area contributed by atoms with E-state index in [1.54, 1.807) is 0 Å². The smallest absolute Gasteiger partial charge is 0.407 e. The van der Waals surface area contributed by atoms with Gasteiger partial charge in [-0.05, 0) is 43.2 Å². The molecule has 26 heavy (non-hydrogen) atoms. The number of amides is 2. The van der Waals surface area contributed by atoms with Gasteiger partial charge in [0.1, 0.15) is 18.2 Å². The third-order valence-electron chi connectivity index (χ3n) is 5.82. The molecule has 7 heteroatoms. The molecule has 2 amide bonds. The standard InChI is InChI=1S/C19H22F2N2O3/c20-14-2-1-13(16(21)6-14)5-12-7-19(8-12)10-23(11-19)17(24)4-3-15-9-26-18(25)22-15/h1-2,6,12,15H,3-5,7-11H2,(H,22,25)/t15-/m1/s1. The maximum Gasteiger partial charge on any atom is 0.407 e. The molecular formula is C19H22F2N2O3. The van der Waals surface area contributed by atoms with E-state index in [0.29, 0.717) is 37.4 Å². The molecule has 5 nitrogen and oxygen atoms in total. The Hall–Kier alpha value is -2.18. The van der Waals surface area contributed by atoms with E-state index in [4.69, 9.17) is 4.74 Å². The highest BCUT2D eigenvalue weighted by Crippen LogP contribution is 2.53. The number of likely N-dealkylation sites (tertiary alicyclic amines) is 1. The number of nitrogens with one attached hydrogen (secondary N) is 1. The van der Waals surface area contributed by atoms with Gasteiger partial charge >= 0.3 is 6.09 Å². The summed E-state index contributed by atoms with van der Waals surface area (Å²) in [5, 5.41) is 2.67. The van der Waals surface area contributed by atoms with Crippen molar-refractivity contribution < 1.29 is 23.1 Å². The van der Waals surface area contributed by atoms with Gasteiger partial charge in [0.2, 0.25) is 5.91 Å². The highest BCUT2D eigenvalue weighted by atomic mass is 19.1. The zero-order valence-electron chi connectivity index (χ0n) is 14.5. The van der Waals surface area contributed by atoms with Crippen molar-refractivity contribution in [1.29, 1.82) is 0 Å². The van der Waals surface area contributed by atoms with E-state index in [9.17, 15) is 18.4 Å². The van der Waals surface area contributed by atoms with E-state index in [1.165, 1.54) is 12.1 Å². The minimum absolute atomic E-state index is 0.0691. The molecule has 140 valence electrons. The number of benzene rings is 1. The first kappa shape index (κ1) is 17.2. The number of hydrogen-bond acceptors (Lipinski definition) is 3. The van der Waals surface area contributed by atoms with Crippen LogP contribution in [-0.4, -0.2) is 42.6 Å². The molecule has 3 aliphatic rings. The number of halogens is 2. The minimum Gasteiger partial charge on any atom is -0.447 e. The molecule has 1 atom stereocenters. The van der Waals surface area contributed by atoms with Gasteiger partial charge in [-0.15, -0.1) is 0 Å². The summed E-state index contributed by atoms with van der Waals surface area (Å²) in [7, 11) is 0. The van der Waals surface area contributed by atoms with Crippen LogP contribution < -0.4 is 5.32 Å². The predicted molar refractivity (Wildman–Crippen MR) is 89.3 cm³/mol. The minimum atomic E-state index is -0.548. The van der Waals surface area contributed by atoms with Crippen LogP contribution in [0, 0.1) is 23.0 Å². The maximum atomic E-state index is 13.7. The molecular weight excluding hydrogens is 342 g/mol. The second-order valence-corrected chi connectivity index (χ2v) is 7.94. The molecule has 0 aromatic heterocycles. The zero-order valence-corrected chi connectivity index (χ0v) is 14.5. The fourth-order valence-electron chi connectivity index (χ4n) is 4.54. The summed E-state index contributed by atoms with van der Waals surface area (Å²) in [5.41, 5.74) is 0.765. The molecule has 2 saturated heterocycles. The molecule has 2 heterocycles. The Morgan fingerprint density at radius 1 is 1.31 bits per heavy atom. The van der Waals surface area contributed by atoms with Gasteiger partial charge in [-0.3, -0.25) is 4.79 Å². The Morgan fingerprint density at radius 3 is 2.73 bits per heavy atom. The van der Waals surface area contributed by atoms with Gasteiger partial charge in [-0.2, -0.15) is 0 Å². The van der Waals surface area contributed by atoms with Crippen LogP contribution >= 0.6 is 0 Å². The van der Waals surface area contributed by atoms with Crippen molar-refractivity contribution in [2.45, 2.75) is 38.1 Å². The lowest BCUT2D eigenvalue weighted by Gasteiger charge is -2.59. The molecule has 2 aliphatic heterocycles. The Bertz CT molecular complexity index is 725. The van der Waals surface area contributed by atoms with Crippen LogP contribution in [0.5, 0.6) is 0 Å².